The Kier molecular flexibility index (Phi) is 10.6. The minimum atomic E-state index is -4.22. The number of benzene rings is 3. The molecule has 1 aliphatic rings. The van der Waals surface area contributed by atoms with Crippen LogP contribution >= 0.6 is 34.8 Å². The largest absolute Gasteiger partial charge is 0.497 e. The van der Waals surface area contributed by atoms with Crippen LogP contribution in [0.2, 0.25) is 15.1 Å². The molecule has 2 amide bonds. The van der Waals surface area contributed by atoms with Crippen LogP contribution in [0.5, 0.6) is 5.75 Å². The van der Waals surface area contributed by atoms with Crippen molar-refractivity contribution in [2.75, 3.05) is 18.0 Å². The van der Waals surface area contributed by atoms with Gasteiger partial charge in [-0.3, -0.25) is 13.9 Å². The molecule has 3 aromatic rings. The average molecular weight is 653 g/mol. The molecule has 42 heavy (non-hydrogen) atoms. The third-order valence-electron chi connectivity index (χ3n) is 7.25. The molecule has 0 heterocycles. The number of ether oxygens (including phenoxy) is 1. The van der Waals surface area contributed by atoms with E-state index < -0.39 is 28.5 Å². The maximum Gasteiger partial charge on any atom is 0.264 e. The highest BCUT2D eigenvalue weighted by molar-refractivity contribution is 7.92. The van der Waals surface area contributed by atoms with Crippen molar-refractivity contribution >= 4 is 62.3 Å². The minimum Gasteiger partial charge on any atom is -0.497 e. The molecule has 12 heteroatoms. The fourth-order valence-electron chi connectivity index (χ4n) is 4.82. The number of anilines is 1. The second-order valence-electron chi connectivity index (χ2n) is 10.1. The van der Waals surface area contributed by atoms with Crippen LogP contribution in [-0.4, -0.2) is 50.9 Å². The van der Waals surface area contributed by atoms with Gasteiger partial charge in [-0.25, -0.2) is 8.42 Å². The molecule has 0 radical (unpaired) electrons. The Hall–Kier alpha value is -2.98. The van der Waals surface area contributed by atoms with Gasteiger partial charge < -0.3 is 15.0 Å². The van der Waals surface area contributed by atoms with Crippen LogP contribution in [0.1, 0.15) is 38.2 Å². The standard InChI is InChI=1S/C30H32Cl3N3O5S/c1-20(30(38)34-23-5-3-4-6-23)35(18-21-7-16-27(32)28(33)17-21)29(37)19-36(24-10-8-22(31)9-11-24)42(39,40)26-14-12-25(41-2)13-15-26/h7-17,20,23H,3-6,18-19H2,1-2H3,(H,34,38)/t20-/m0/s1. The van der Waals surface area contributed by atoms with E-state index in [9.17, 15) is 18.0 Å². The predicted molar refractivity (Wildman–Crippen MR) is 166 cm³/mol. The highest BCUT2D eigenvalue weighted by Gasteiger charge is 2.33. The van der Waals surface area contributed by atoms with E-state index in [1.807, 2.05) is 0 Å². The quantitative estimate of drug-likeness (QED) is 0.261. The van der Waals surface area contributed by atoms with Crippen molar-refractivity contribution in [3.63, 3.8) is 0 Å². The lowest BCUT2D eigenvalue weighted by molar-refractivity contribution is -0.139. The number of nitrogens with zero attached hydrogens (tertiary/aromatic N) is 2. The Labute approximate surface area is 261 Å². The first kappa shape index (κ1) is 31.9. The number of hydrogen-bond acceptors (Lipinski definition) is 5. The molecule has 4 rings (SSSR count). The molecular weight excluding hydrogens is 621 g/mol. The molecule has 0 unspecified atom stereocenters. The molecule has 0 spiro atoms. The summed E-state index contributed by atoms with van der Waals surface area (Å²) in [5.41, 5.74) is 0.871. The summed E-state index contributed by atoms with van der Waals surface area (Å²) in [7, 11) is -2.74. The smallest absolute Gasteiger partial charge is 0.264 e. The third kappa shape index (κ3) is 7.69. The Bertz CT molecular complexity index is 1510. The average Bonchev–Trinajstić information content (AvgIpc) is 3.49. The van der Waals surface area contributed by atoms with Crippen LogP contribution in [0, 0.1) is 0 Å². The number of halogens is 3. The number of methoxy groups -OCH3 is 1. The molecule has 1 N–H and O–H groups in total. The van der Waals surface area contributed by atoms with E-state index in [0.717, 1.165) is 30.0 Å². The molecule has 0 aliphatic heterocycles. The number of carbonyl (C=O) groups excluding carboxylic acids is 2. The van der Waals surface area contributed by atoms with Gasteiger partial charge in [0.2, 0.25) is 11.8 Å². The van der Waals surface area contributed by atoms with Crippen molar-refractivity contribution in [1.82, 2.24) is 10.2 Å². The van der Waals surface area contributed by atoms with Gasteiger partial charge in [-0.1, -0.05) is 53.7 Å². The number of carbonyl (C=O) groups is 2. The summed E-state index contributed by atoms with van der Waals surface area (Å²) in [6.45, 7) is 1.06. The highest BCUT2D eigenvalue weighted by Crippen LogP contribution is 2.28. The van der Waals surface area contributed by atoms with Gasteiger partial charge in [0.25, 0.3) is 10.0 Å². The molecule has 1 fully saturated rings. The minimum absolute atomic E-state index is 0.00597. The SMILES string of the molecule is COc1ccc(S(=O)(=O)N(CC(=O)N(Cc2ccc(Cl)c(Cl)c2)[C@@H](C)C(=O)NC2CCCC2)c2ccc(Cl)cc2)cc1. The van der Waals surface area contributed by atoms with Crippen molar-refractivity contribution in [3.8, 4) is 5.75 Å². The molecular formula is C30H32Cl3N3O5S. The van der Waals surface area contributed by atoms with E-state index in [1.165, 1.54) is 48.4 Å². The monoisotopic (exact) mass is 651 g/mol. The normalized spacial score (nSPS) is 14.3. The second-order valence-corrected chi connectivity index (χ2v) is 13.2. The maximum atomic E-state index is 14.0. The van der Waals surface area contributed by atoms with E-state index in [0.29, 0.717) is 26.4 Å². The molecule has 224 valence electrons. The summed E-state index contributed by atoms with van der Waals surface area (Å²) >= 11 is 18.4. The predicted octanol–water partition coefficient (Wildman–Crippen LogP) is 6.33. The number of nitrogens with one attached hydrogen (secondary N) is 1. The van der Waals surface area contributed by atoms with Crippen LogP contribution < -0.4 is 14.4 Å². The Morgan fingerprint density at radius 2 is 1.60 bits per heavy atom. The molecule has 1 aliphatic carbocycles. The van der Waals surface area contributed by atoms with Crippen molar-refractivity contribution < 1.29 is 22.7 Å². The van der Waals surface area contributed by atoms with E-state index in [-0.39, 0.29) is 29.1 Å². The molecule has 0 aromatic heterocycles. The first-order valence-electron chi connectivity index (χ1n) is 13.5. The number of hydrogen-bond donors (Lipinski definition) is 1. The Morgan fingerprint density at radius 3 is 2.19 bits per heavy atom. The van der Waals surface area contributed by atoms with Gasteiger partial charge >= 0.3 is 0 Å². The van der Waals surface area contributed by atoms with Crippen LogP contribution in [0.25, 0.3) is 0 Å². The zero-order valence-electron chi connectivity index (χ0n) is 23.2. The van der Waals surface area contributed by atoms with E-state index in [2.05, 4.69) is 5.32 Å². The summed E-state index contributed by atoms with van der Waals surface area (Å²) in [6.07, 6.45) is 3.82. The van der Waals surface area contributed by atoms with Crippen molar-refractivity contribution in [2.24, 2.45) is 0 Å². The van der Waals surface area contributed by atoms with Crippen LogP contribution in [-0.2, 0) is 26.2 Å². The van der Waals surface area contributed by atoms with Gasteiger partial charge in [0.05, 0.1) is 27.7 Å². The summed E-state index contributed by atoms with van der Waals surface area (Å²) in [6, 6.07) is 16.1. The number of rotatable bonds is 11. The topological polar surface area (TPSA) is 96.0 Å². The Morgan fingerprint density at radius 1 is 0.952 bits per heavy atom. The molecule has 3 aromatic carbocycles. The molecule has 1 atom stereocenters. The lowest BCUT2D eigenvalue weighted by Crippen LogP contribution is -2.52. The maximum absolute atomic E-state index is 14.0. The summed E-state index contributed by atoms with van der Waals surface area (Å²) < 4.78 is 34.0. The van der Waals surface area contributed by atoms with Gasteiger partial charge in [0, 0.05) is 17.6 Å². The van der Waals surface area contributed by atoms with Crippen LogP contribution in [0.4, 0.5) is 5.69 Å². The van der Waals surface area contributed by atoms with Crippen LogP contribution in [0.15, 0.2) is 71.6 Å². The van der Waals surface area contributed by atoms with Gasteiger partial charge in [0.1, 0.15) is 18.3 Å². The zero-order valence-corrected chi connectivity index (χ0v) is 26.3. The van der Waals surface area contributed by atoms with Crippen molar-refractivity contribution in [3.05, 3.63) is 87.4 Å². The fourth-order valence-corrected chi connectivity index (χ4v) is 6.68. The summed E-state index contributed by atoms with van der Waals surface area (Å²) in [5.74, 6) is -0.411. The molecule has 0 bridgehead atoms. The van der Waals surface area contributed by atoms with E-state index in [1.54, 1.807) is 37.3 Å². The summed E-state index contributed by atoms with van der Waals surface area (Å²) in [5, 5.41) is 4.10. The molecule has 1 saturated carbocycles. The molecule has 8 nitrogen and oxygen atoms in total. The number of amides is 2. The lowest BCUT2D eigenvalue weighted by Gasteiger charge is -2.32. The Balaban J connectivity index is 1.69. The highest BCUT2D eigenvalue weighted by atomic mass is 35.5. The van der Waals surface area contributed by atoms with Crippen molar-refractivity contribution in [1.29, 1.82) is 0 Å². The van der Waals surface area contributed by atoms with Gasteiger partial charge in [-0.05, 0) is 86.0 Å². The van der Waals surface area contributed by atoms with Gasteiger partial charge in [0.15, 0.2) is 0 Å². The first-order valence-corrected chi connectivity index (χ1v) is 16.0. The van der Waals surface area contributed by atoms with Crippen molar-refractivity contribution in [2.45, 2.75) is 56.1 Å². The second kappa shape index (κ2) is 14.0. The first-order chi connectivity index (χ1) is 20.0. The van der Waals surface area contributed by atoms with Gasteiger partial charge in [-0.15, -0.1) is 0 Å². The third-order valence-corrected chi connectivity index (χ3v) is 10.0. The van der Waals surface area contributed by atoms with E-state index >= 15 is 0 Å². The van der Waals surface area contributed by atoms with Crippen LogP contribution in [0.3, 0.4) is 0 Å². The lowest BCUT2D eigenvalue weighted by atomic mass is 10.1. The summed E-state index contributed by atoms with van der Waals surface area (Å²) in [4.78, 5) is 28.7. The van der Waals surface area contributed by atoms with Gasteiger partial charge in [-0.2, -0.15) is 0 Å². The molecule has 0 saturated heterocycles. The van der Waals surface area contributed by atoms with E-state index in [4.69, 9.17) is 39.5 Å². The zero-order chi connectivity index (χ0) is 30.4. The fraction of sp³-hybridized carbons (Fsp3) is 0.333. The number of sulfonamides is 1.